The first-order chi connectivity index (χ1) is 9.38. The van der Waals surface area contributed by atoms with E-state index in [1.54, 1.807) is 0 Å². The van der Waals surface area contributed by atoms with Crippen molar-refractivity contribution in [2.24, 2.45) is 5.73 Å². The topological polar surface area (TPSA) is 51.4 Å². The van der Waals surface area contributed by atoms with Gasteiger partial charge in [-0.25, -0.2) is 4.98 Å². The second-order valence-electron chi connectivity index (χ2n) is 4.86. The van der Waals surface area contributed by atoms with Crippen molar-refractivity contribution in [3.63, 3.8) is 0 Å². The molecule has 1 saturated heterocycles. The molecule has 0 saturated carbocycles. The Kier molecular flexibility index (Phi) is 5.85. The molecule has 1 aromatic heterocycles. The number of pyridine rings is 1. The number of hydrogen-bond acceptors (Lipinski definition) is 4. The Hall–Kier alpha value is -1.39. The van der Waals surface area contributed by atoms with Crippen LogP contribution in [0, 0.1) is 0 Å². The number of likely N-dealkylation sites (tertiary alicyclic amines) is 1. The lowest BCUT2D eigenvalue weighted by atomic mass is 10.1. The fourth-order valence-corrected chi connectivity index (χ4v) is 2.30. The van der Waals surface area contributed by atoms with Crippen molar-refractivity contribution in [3.05, 3.63) is 36.0 Å². The summed E-state index contributed by atoms with van der Waals surface area (Å²) in [6, 6.07) is 4.10. The van der Waals surface area contributed by atoms with E-state index < -0.39 is 0 Å². The van der Waals surface area contributed by atoms with Crippen molar-refractivity contribution in [1.29, 1.82) is 0 Å². The largest absolute Gasteiger partial charge is 0.473 e. The van der Waals surface area contributed by atoms with Gasteiger partial charge in [0.25, 0.3) is 0 Å². The van der Waals surface area contributed by atoms with Crippen LogP contribution in [-0.4, -0.2) is 36.1 Å². The highest BCUT2D eigenvalue weighted by Gasteiger charge is 2.10. The van der Waals surface area contributed by atoms with E-state index in [4.69, 9.17) is 10.5 Å². The van der Waals surface area contributed by atoms with E-state index in [9.17, 15) is 0 Å². The average Bonchev–Trinajstić information content (AvgIpc) is 2.45. The zero-order valence-corrected chi connectivity index (χ0v) is 11.4. The first-order valence-electron chi connectivity index (χ1n) is 7.03. The van der Waals surface area contributed by atoms with Crippen LogP contribution in [0.1, 0.15) is 24.8 Å². The van der Waals surface area contributed by atoms with Gasteiger partial charge < -0.3 is 10.5 Å². The molecule has 0 unspecified atom stereocenters. The summed E-state index contributed by atoms with van der Waals surface area (Å²) in [5.74, 6) is 0.691. The molecule has 2 heterocycles. The molecule has 0 radical (unpaired) electrons. The minimum absolute atomic E-state index is 0.525. The van der Waals surface area contributed by atoms with Gasteiger partial charge in [0.1, 0.15) is 6.61 Å². The lowest BCUT2D eigenvalue weighted by Crippen LogP contribution is -2.29. The van der Waals surface area contributed by atoms with Crippen LogP contribution < -0.4 is 10.5 Å². The maximum atomic E-state index is 5.57. The molecule has 1 fully saturated rings. The van der Waals surface area contributed by atoms with E-state index in [0.717, 1.165) is 6.54 Å². The second kappa shape index (κ2) is 7.92. The van der Waals surface area contributed by atoms with Gasteiger partial charge >= 0.3 is 0 Å². The zero-order chi connectivity index (χ0) is 13.3. The van der Waals surface area contributed by atoms with Gasteiger partial charge in [0, 0.05) is 25.4 Å². The van der Waals surface area contributed by atoms with Crippen molar-refractivity contribution in [2.75, 3.05) is 26.2 Å². The molecule has 2 rings (SSSR count). The quantitative estimate of drug-likeness (QED) is 0.795. The fourth-order valence-electron chi connectivity index (χ4n) is 2.30. The third kappa shape index (κ3) is 5.01. The summed E-state index contributed by atoms with van der Waals surface area (Å²) >= 11 is 0. The Labute approximate surface area is 115 Å². The summed E-state index contributed by atoms with van der Waals surface area (Å²) in [6.45, 7) is 4.48. The molecule has 2 N–H and O–H groups in total. The first kappa shape index (κ1) is 14.0. The maximum Gasteiger partial charge on any atom is 0.213 e. The Morgan fingerprint density at radius 3 is 2.89 bits per heavy atom. The normalized spacial score (nSPS) is 16.9. The van der Waals surface area contributed by atoms with Crippen LogP contribution in [0.25, 0.3) is 0 Å². The molecular formula is C15H23N3O. The molecule has 1 aliphatic heterocycles. The molecule has 104 valence electrons. The van der Waals surface area contributed by atoms with E-state index in [-0.39, 0.29) is 0 Å². The van der Waals surface area contributed by atoms with Crippen LogP contribution in [-0.2, 0) is 6.54 Å². The molecular weight excluding hydrogens is 238 g/mol. The SMILES string of the molecule is NCC=CCOc1cc(CN2CCCCC2)ccn1. The zero-order valence-electron chi connectivity index (χ0n) is 11.4. The lowest BCUT2D eigenvalue weighted by molar-refractivity contribution is 0.220. The van der Waals surface area contributed by atoms with Gasteiger partial charge in [0.15, 0.2) is 0 Å². The summed E-state index contributed by atoms with van der Waals surface area (Å²) in [7, 11) is 0. The molecule has 0 amide bonds. The van der Waals surface area contributed by atoms with Gasteiger partial charge in [-0.1, -0.05) is 18.6 Å². The average molecular weight is 261 g/mol. The van der Waals surface area contributed by atoms with Gasteiger partial charge in [0.2, 0.25) is 5.88 Å². The molecule has 0 bridgehead atoms. The van der Waals surface area contributed by atoms with Crippen LogP contribution >= 0.6 is 0 Å². The smallest absolute Gasteiger partial charge is 0.213 e. The molecule has 4 heteroatoms. The minimum Gasteiger partial charge on any atom is -0.473 e. The number of nitrogens with two attached hydrogens (primary N) is 1. The summed E-state index contributed by atoms with van der Waals surface area (Å²) < 4.78 is 5.57. The van der Waals surface area contributed by atoms with E-state index in [1.165, 1.54) is 37.9 Å². The summed E-state index contributed by atoms with van der Waals surface area (Å²) in [6.07, 6.45) is 9.63. The van der Waals surface area contributed by atoms with Crippen LogP contribution in [0.3, 0.4) is 0 Å². The Morgan fingerprint density at radius 2 is 2.11 bits per heavy atom. The number of piperidine rings is 1. The number of aromatic nitrogens is 1. The molecule has 19 heavy (non-hydrogen) atoms. The lowest BCUT2D eigenvalue weighted by Gasteiger charge is -2.26. The molecule has 1 aliphatic rings. The predicted octanol–water partition coefficient (Wildman–Crippen LogP) is 1.96. The standard InChI is InChI=1S/C15H23N3O/c16-7-2-5-11-19-15-12-14(6-8-17-15)13-18-9-3-1-4-10-18/h2,5-6,8,12H,1,3-4,7,9-11,13,16H2. The highest BCUT2D eigenvalue weighted by atomic mass is 16.5. The second-order valence-corrected chi connectivity index (χ2v) is 4.86. The predicted molar refractivity (Wildman–Crippen MR) is 77.1 cm³/mol. The van der Waals surface area contributed by atoms with Crippen molar-refractivity contribution < 1.29 is 4.74 Å². The number of hydrogen-bond donors (Lipinski definition) is 1. The number of nitrogens with zero attached hydrogens (tertiary/aromatic N) is 2. The van der Waals surface area contributed by atoms with Crippen molar-refractivity contribution in [1.82, 2.24) is 9.88 Å². The number of rotatable bonds is 6. The molecule has 0 aromatic carbocycles. The monoisotopic (exact) mass is 261 g/mol. The Balaban J connectivity index is 1.85. The number of ether oxygens (including phenoxy) is 1. The van der Waals surface area contributed by atoms with E-state index in [2.05, 4.69) is 16.0 Å². The Bertz CT molecular complexity index is 400. The summed E-state index contributed by atoms with van der Waals surface area (Å²) in [5, 5.41) is 0. The first-order valence-corrected chi connectivity index (χ1v) is 7.03. The third-order valence-corrected chi connectivity index (χ3v) is 3.28. The molecule has 4 nitrogen and oxygen atoms in total. The van der Waals surface area contributed by atoms with Gasteiger partial charge in [0.05, 0.1) is 0 Å². The van der Waals surface area contributed by atoms with Crippen molar-refractivity contribution >= 4 is 0 Å². The van der Waals surface area contributed by atoms with Crippen molar-refractivity contribution in [2.45, 2.75) is 25.8 Å². The maximum absolute atomic E-state index is 5.57. The van der Waals surface area contributed by atoms with Gasteiger partial charge in [-0.05, 0) is 37.6 Å². The Morgan fingerprint density at radius 1 is 1.26 bits per heavy atom. The van der Waals surface area contributed by atoms with Crippen LogP contribution in [0.4, 0.5) is 0 Å². The van der Waals surface area contributed by atoms with Gasteiger partial charge in [-0.2, -0.15) is 0 Å². The van der Waals surface area contributed by atoms with E-state index in [0.29, 0.717) is 19.0 Å². The molecule has 0 aliphatic carbocycles. The highest BCUT2D eigenvalue weighted by Crippen LogP contribution is 2.15. The third-order valence-electron chi connectivity index (χ3n) is 3.28. The van der Waals surface area contributed by atoms with Crippen LogP contribution in [0.5, 0.6) is 5.88 Å². The van der Waals surface area contributed by atoms with Crippen molar-refractivity contribution in [3.8, 4) is 5.88 Å². The van der Waals surface area contributed by atoms with E-state index >= 15 is 0 Å². The van der Waals surface area contributed by atoms with Gasteiger partial charge in [-0.3, -0.25) is 4.90 Å². The summed E-state index contributed by atoms with van der Waals surface area (Å²) in [4.78, 5) is 6.72. The summed E-state index contributed by atoms with van der Waals surface area (Å²) in [5.41, 5.74) is 6.65. The molecule has 0 spiro atoms. The molecule has 0 atom stereocenters. The highest BCUT2D eigenvalue weighted by molar-refractivity contribution is 5.20. The molecule has 1 aromatic rings. The van der Waals surface area contributed by atoms with E-state index in [1.807, 2.05) is 24.4 Å². The fraction of sp³-hybridized carbons (Fsp3) is 0.533. The minimum atomic E-state index is 0.525. The van der Waals surface area contributed by atoms with Crippen LogP contribution in [0.2, 0.25) is 0 Å². The van der Waals surface area contributed by atoms with Crippen LogP contribution in [0.15, 0.2) is 30.5 Å². The van der Waals surface area contributed by atoms with Gasteiger partial charge in [-0.15, -0.1) is 0 Å².